The molecule has 0 fully saturated rings. The van der Waals surface area contributed by atoms with Crippen LogP contribution in [-0.2, 0) is 11.2 Å². The third-order valence-corrected chi connectivity index (χ3v) is 3.54. The molecule has 1 N–H and O–H groups in total. The molecule has 116 valence electrons. The first-order valence-electron chi connectivity index (χ1n) is 7.36. The SMILES string of the molecule is Cc1cccc(NC(=O)C(Cc2ccccc2)n2cnnn2)c1. The minimum atomic E-state index is -0.507. The van der Waals surface area contributed by atoms with Crippen molar-refractivity contribution in [2.45, 2.75) is 19.4 Å². The molecule has 1 amide bonds. The fraction of sp³-hybridized carbons (Fsp3) is 0.176. The summed E-state index contributed by atoms with van der Waals surface area (Å²) < 4.78 is 1.48. The molecule has 0 saturated heterocycles. The van der Waals surface area contributed by atoms with Crippen molar-refractivity contribution in [2.75, 3.05) is 5.32 Å². The van der Waals surface area contributed by atoms with Crippen LogP contribution in [0.3, 0.4) is 0 Å². The Bertz CT molecular complexity index is 771. The largest absolute Gasteiger partial charge is 0.324 e. The second-order valence-electron chi connectivity index (χ2n) is 5.35. The number of nitrogens with one attached hydrogen (secondary N) is 1. The zero-order valence-corrected chi connectivity index (χ0v) is 12.8. The highest BCUT2D eigenvalue weighted by molar-refractivity contribution is 5.93. The Morgan fingerprint density at radius 3 is 2.70 bits per heavy atom. The van der Waals surface area contributed by atoms with Crippen LogP contribution in [0.2, 0.25) is 0 Å². The molecule has 0 spiro atoms. The molecule has 0 bridgehead atoms. The number of hydrogen-bond donors (Lipinski definition) is 1. The third kappa shape index (κ3) is 3.79. The fourth-order valence-electron chi connectivity index (χ4n) is 2.40. The number of nitrogens with zero attached hydrogens (tertiary/aromatic N) is 4. The van der Waals surface area contributed by atoms with Gasteiger partial charge < -0.3 is 5.32 Å². The van der Waals surface area contributed by atoms with Gasteiger partial charge in [0.25, 0.3) is 0 Å². The Morgan fingerprint density at radius 2 is 2.00 bits per heavy atom. The van der Waals surface area contributed by atoms with Crippen LogP contribution in [-0.4, -0.2) is 26.1 Å². The molecule has 3 rings (SSSR count). The summed E-state index contributed by atoms with van der Waals surface area (Å²) in [4.78, 5) is 12.7. The van der Waals surface area contributed by atoms with Crippen molar-refractivity contribution in [1.29, 1.82) is 0 Å². The van der Waals surface area contributed by atoms with E-state index in [4.69, 9.17) is 0 Å². The lowest BCUT2D eigenvalue weighted by Gasteiger charge is -2.16. The number of aryl methyl sites for hydroxylation is 1. The number of rotatable bonds is 5. The van der Waals surface area contributed by atoms with E-state index in [1.807, 2.05) is 61.5 Å². The number of tetrazole rings is 1. The Kier molecular flexibility index (Phi) is 4.42. The van der Waals surface area contributed by atoms with Gasteiger partial charge in [0, 0.05) is 12.1 Å². The summed E-state index contributed by atoms with van der Waals surface area (Å²) in [7, 11) is 0. The summed E-state index contributed by atoms with van der Waals surface area (Å²) in [6.07, 6.45) is 1.98. The molecule has 1 aromatic heterocycles. The van der Waals surface area contributed by atoms with Gasteiger partial charge in [-0.2, -0.15) is 0 Å². The number of benzene rings is 2. The van der Waals surface area contributed by atoms with Crippen LogP contribution in [0.15, 0.2) is 60.9 Å². The molecule has 23 heavy (non-hydrogen) atoms. The first-order valence-corrected chi connectivity index (χ1v) is 7.36. The van der Waals surface area contributed by atoms with Crippen molar-refractivity contribution in [2.24, 2.45) is 0 Å². The number of carbonyl (C=O) groups is 1. The Balaban J connectivity index is 1.82. The average molecular weight is 307 g/mol. The first-order chi connectivity index (χ1) is 11.2. The molecule has 2 aromatic carbocycles. The van der Waals surface area contributed by atoms with Crippen molar-refractivity contribution in [1.82, 2.24) is 20.2 Å². The lowest BCUT2D eigenvalue weighted by atomic mass is 10.1. The van der Waals surface area contributed by atoms with Crippen molar-refractivity contribution in [3.05, 3.63) is 72.1 Å². The zero-order valence-electron chi connectivity index (χ0n) is 12.8. The highest BCUT2D eigenvalue weighted by Crippen LogP contribution is 2.17. The summed E-state index contributed by atoms with van der Waals surface area (Å²) in [5.74, 6) is -0.147. The number of anilines is 1. The smallest absolute Gasteiger partial charge is 0.249 e. The van der Waals surface area contributed by atoms with E-state index < -0.39 is 6.04 Å². The normalized spacial score (nSPS) is 11.9. The van der Waals surface area contributed by atoms with Crippen LogP contribution < -0.4 is 5.32 Å². The highest BCUT2D eigenvalue weighted by Gasteiger charge is 2.22. The van der Waals surface area contributed by atoms with E-state index in [0.717, 1.165) is 16.8 Å². The summed E-state index contributed by atoms with van der Waals surface area (Å²) in [5, 5.41) is 14.1. The van der Waals surface area contributed by atoms with E-state index in [0.29, 0.717) is 6.42 Å². The van der Waals surface area contributed by atoms with E-state index in [1.165, 1.54) is 11.0 Å². The number of hydrogen-bond acceptors (Lipinski definition) is 4. The topological polar surface area (TPSA) is 72.7 Å². The highest BCUT2D eigenvalue weighted by atomic mass is 16.2. The quantitative estimate of drug-likeness (QED) is 0.785. The van der Waals surface area contributed by atoms with E-state index in [9.17, 15) is 4.79 Å². The molecule has 1 heterocycles. The Morgan fingerprint density at radius 1 is 1.17 bits per heavy atom. The summed E-state index contributed by atoms with van der Waals surface area (Å²) in [5.41, 5.74) is 2.90. The predicted molar refractivity (Wildman–Crippen MR) is 86.8 cm³/mol. The molecule has 0 radical (unpaired) electrons. The third-order valence-electron chi connectivity index (χ3n) is 3.54. The standard InChI is InChI=1S/C17H17N5O/c1-13-6-5-9-15(10-13)19-17(23)16(22-12-18-20-21-22)11-14-7-3-2-4-8-14/h2-10,12,16H,11H2,1H3,(H,19,23). The lowest BCUT2D eigenvalue weighted by Crippen LogP contribution is -2.28. The molecule has 0 saturated carbocycles. The Hall–Kier alpha value is -3.02. The maximum absolute atomic E-state index is 12.7. The number of aromatic nitrogens is 4. The fourth-order valence-corrected chi connectivity index (χ4v) is 2.40. The maximum Gasteiger partial charge on any atom is 0.249 e. The van der Waals surface area contributed by atoms with Crippen LogP contribution in [0.4, 0.5) is 5.69 Å². The van der Waals surface area contributed by atoms with E-state index in [2.05, 4.69) is 20.8 Å². The van der Waals surface area contributed by atoms with Gasteiger partial charge in [-0.3, -0.25) is 4.79 Å². The number of amides is 1. The summed E-state index contributed by atoms with van der Waals surface area (Å²) in [6, 6.07) is 17.0. The minimum absolute atomic E-state index is 0.147. The molecule has 0 aliphatic rings. The lowest BCUT2D eigenvalue weighted by molar-refractivity contribution is -0.119. The van der Waals surface area contributed by atoms with Crippen molar-refractivity contribution in [3.8, 4) is 0 Å². The molecule has 1 atom stereocenters. The van der Waals surface area contributed by atoms with Crippen LogP contribution in [0, 0.1) is 6.92 Å². The van der Waals surface area contributed by atoms with Crippen LogP contribution in [0.25, 0.3) is 0 Å². The molecule has 1 unspecified atom stereocenters. The van der Waals surface area contributed by atoms with Gasteiger partial charge in [-0.1, -0.05) is 42.5 Å². The van der Waals surface area contributed by atoms with Crippen molar-refractivity contribution >= 4 is 11.6 Å². The molecule has 0 aliphatic heterocycles. The monoisotopic (exact) mass is 307 g/mol. The van der Waals surface area contributed by atoms with E-state index >= 15 is 0 Å². The molecular formula is C17H17N5O. The van der Waals surface area contributed by atoms with Gasteiger partial charge >= 0.3 is 0 Å². The second-order valence-corrected chi connectivity index (χ2v) is 5.35. The molecule has 6 nitrogen and oxygen atoms in total. The van der Waals surface area contributed by atoms with Crippen LogP contribution in [0.1, 0.15) is 17.2 Å². The van der Waals surface area contributed by atoms with Gasteiger partial charge in [-0.05, 0) is 40.6 Å². The van der Waals surface area contributed by atoms with Gasteiger partial charge in [0.1, 0.15) is 12.4 Å². The van der Waals surface area contributed by atoms with Gasteiger partial charge in [0.2, 0.25) is 5.91 Å². The molecule has 3 aromatic rings. The molecular weight excluding hydrogens is 290 g/mol. The van der Waals surface area contributed by atoms with Gasteiger partial charge in [-0.25, -0.2) is 4.68 Å². The minimum Gasteiger partial charge on any atom is -0.324 e. The summed E-state index contributed by atoms with van der Waals surface area (Å²) >= 11 is 0. The van der Waals surface area contributed by atoms with Gasteiger partial charge in [-0.15, -0.1) is 5.10 Å². The molecule has 0 aliphatic carbocycles. The zero-order chi connectivity index (χ0) is 16.1. The van der Waals surface area contributed by atoms with E-state index in [-0.39, 0.29) is 5.91 Å². The van der Waals surface area contributed by atoms with E-state index in [1.54, 1.807) is 0 Å². The van der Waals surface area contributed by atoms with Gasteiger partial charge in [0.15, 0.2) is 0 Å². The summed E-state index contributed by atoms with van der Waals surface area (Å²) in [6.45, 7) is 1.98. The molecule has 6 heteroatoms. The maximum atomic E-state index is 12.7. The van der Waals surface area contributed by atoms with Crippen LogP contribution >= 0.6 is 0 Å². The average Bonchev–Trinajstić information content (AvgIpc) is 3.07. The van der Waals surface area contributed by atoms with Crippen LogP contribution in [0.5, 0.6) is 0 Å². The van der Waals surface area contributed by atoms with Crippen molar-refractivity contribution < 1.29 is 4.79 Å². The predicted octanol–water partition coefficient (Wildman–Crippen LogP) is 2.40. The Labute approximate surface area is 134 Å². The first kappa shape index (κ1) is 14.9. The van der Waals surface area contributed by atoms with Crippen molar-refractivity contribution in [3.63, 3.8) is 0 Å². The van der Waals surface area contributed by atoms with Gasteiger partial charge in [0.05, 0.1) is 0 Å². The number of carbonyl (C=O) groups excluding carboxylic acids is 1. The second kappa shape index (κ2) is 6.83.